The highest BCUT2D eigenvalue weighted by Gasteiger charge is 2.30. The number of amides is 2. The summed E-state index contributed by atoms with van der Waals surface area (Å²) in [5, 5.41) is 5.78. The Morgan fingerprint density at radius 3 is 2.69 bits per heavy atom. The minimum absolute atomic E-state index is 0.00292. The van der Waals surface area contributed by atoms with Crippen molar-refractivity contribution in [2.24, 2.45) is 5.92 Å². The maximum atomic E-state index is 11.9. The van der Waals surface area contributed by atoms with Gasteiger partial charge < -0.3 is 10.6 Å². The van der Waals surface area contributed by atoms with E-state index in [9.17, 15) is 9.59 Å². The third kappa shape index (κ3) is 2.54. The van der Waals surface area contributed by atoms with E-state index in [0.29, 0.717) is 24.8 Å². The van der Waals surface area contributed by atoms with Gasteiger partial charge in [-0.3, -0.25) is 9.59 Å². The predicted octanol–water partition coefficient (Wildman–Crippen LogP) is 0.960. The summed E-state index contributed by atoms with van der Waals surface area (Å²) in [5.74, 6) is 0.566. The lowest BCUT2D eigenvalue weighted by atomic mass is 9.86. The third-order valence-corrected chi connectivity index (χ3v) is 3.75. The summed E-state index contributed by atoms with van der Waals surface area (Å²) in [6, 6.07) is 0.0142. The number of rotatable bonds is 2. The lowest BCUT2D eigenvalue weighted by Gasteiger charge is -2.30. The molecule has 1 heterocycles. The first kappa shape index (κ1) is 11.4. The minimum Gasteiger partial charge on any atom is -0.351 e. The molecule has 1 saturated heterocycles. The van der Waals surface area contributed by atoms with Gasteiger partial charge in [-0.15, -0.1) is 0 Å². The van der Waals surface area contributed by atoms with Gasteiger partial charge in [0.25, 0.3) is 0 Å². The highest BCUT2D eigenvalue weighted by molar-refractivity contribution is 5.90. The second-order valence-corrected chi connectivity index (χ2v) is 5.04. The molecule has 3 atom stereocenters. The van der Waals surface area contributed by atoms with E-state index in [4.69, 9.17) is 0 Å². The van der Waals surface area contributed by atoms with Crippen LogP contribution in [-0.4, -0.2) is 23.9 Å². The first-order chi connectivity index (χ1) is 7.66. The molecule has 0 aromatic rings. The fourth-order valence-corrected chi connectivity index (χ4v) is 2.62. The van der Waals surface area contributed by atoms with Crippen LogP contribution in [0.25, 0.3) is 0 Å². The molecule has 2 amide bonds. The highest BCUT2D eigenvalue weighted by atomic mass is 16.2. The molecule has 0 radical (unpaired) electrons. The zero-order valence-electron chi connectivity index (χ0n) is 9.79. The SMILES string of the molecule is CC1CCCCC1NC(=O)[C@H]1CCC(=O)N1. The van der Waals surface area contributed by atoms with Crippen molar-refractivity contribution in [1.29, 1.82) is 0 Å². The van der Waals surface area contributed by atoms with E-state index >= 15 is 0 Å². The monoisotopic (exact) mass is 224 g/mol. The molecule has 90 valence electrons. The summed E-state index contributed by atoms with van der Waals surface area (Å²) in [6.07, 6.45) is 5.87. The number of carbonyl (C=O) groups is 2. The van der Waals surface area contributed by atoms with Crippen molar-refractivity contribution in [1.82, 2.24) is 10.6 Å². The van der Waals surface area contributed by atoms with Gasteiger partial charge in [-0.2, -0.15) is 0 Å². The van der Waals surface area contributed by atoms with Gasteiger partial charge in [0.05, 0.1) is 0 Å². The Bertz CT molecular complexity index is 291. The second-order valence-electron chi connectivity index (χ2n) is 5.04. The molecule has 1 aliphatic heterocycles. The Balaban J connectivity index is 1.84. The molecule has 16 heavy (non-hydrogen) atoms. The van der Waals surface area contributed by atoms with E-state index in [2.05, 4.69) is 17.6 Å². The molecule has 2 unspecified atom stereocenters. The first-order valence-electron chi connectivity index (χ1n) is 6.26. The minimum atomic E-state index is -0.290. The molecule has 4 nitrogen and oxygen atoms in total. The lowest BCUT2D eigenvalue weighted by Crippen LogP contribution is -2.48. The molecule has 0 aromatic carbocycles. The van der Waals surface area contributed by atoms with Gasteiger partial charge in [0.1, 0.15) is 6.04 Å². The average Bonchev–Trinajstić information content (AvgIpc) is 2.68. The van der Waals surface area contributed by atoms with Crippen LogP contribution in [0.2, 0.25) is 0 Å². The largest absolute Gasteiger partial charge is 0.351 e. The standard InChI is InChI=1S/C12H20N2O2/c1-8-4-2-3-5-9(8)14-12(16)10-6-7-11(15)13-10/h8-10H,2-7H2,1H3,(H,13,15)(H,14,16)/t8?,9?,10-/m1/s1. The molecule has 1 saturated carbocycles. The fraction of sp³-hybridized carbons (Fsp3) is 0.833. The van der Waals surface area contributed by atoms with E-state index < -0.39 is 0 Å². The Morgan fingerprint density at radius 2 is 2.06 bits per heavy atom. The van der Waals surface area contributed by atoms with Crippen LogP contribution in [0, 0.1) is 5.92 Å². The van der Waals surface area contributed by atoms with Crippen LogP contribution in [-0.2, 0) is 9.59 Å². The van der Waals surface area contributed by atoms with Crippen LogP contribution in [0.4, 0.5) is 0 Å². The maximum absolute atomic E-state index is 11.9. The number of hydrogen-bond donors (Lipinski definition) is 2. The van der Waals surface area contributed by atoms with Crippen molar-refractivity contribution in [3.05, 3.63) is 0 Å². The van der Waals surface area contributed by atoms with Gasteiger partial charge in [-0.05, 0) is 25.2 Å². The Kier molecular flexibility index (Phi) is 3.46. The van der Waals surface area contributed by atoms with E-state index in [-0.39, 0.29) is 17.9 Å². The summed E-state index contributed by atoms with van der Waals surface area (Å²) in [6.45, 7) is 2.19. The lowest BCUT2D eigenvalue weighted by molar-refractivity contribution is -0.126. The summed E-state index contributed by atoms with van der Waals surface area (Å²) in [7, 11) is 0. The Morgan fingerprint density at radius 1 is 1.31 bits per heavy atom. The van der Waals surface area contributed by atoms with Gasteiger partial charge in [0, 0.05) is 12.5 Å². The van der Waals surface area contributed by atoms with Gasteiger partial charge in [0.2, 0.25) is 11.8 Å². The van der Waals surface area contributed by atoms with Crippen molar-refractivity contribution < 1.29 is 9.59 Å². The van der Waals surface area contributed by atoms with Crippen molar-refractivity contribution in [3.63, 3.8) is 0 Å². The smallest absolute Gasteiger partial charge is 0.242 e. The first-order valence-corrected chi connectivity index (χ1v) is 6.26. The topological polar surface area (TPSA) is 58.2 Å². The summed E-state index contributed by atoms with van der Waals surface area (Å²) in [4.78, 5) is 22.9. The molecule has 2 aliphatic rings. The van der Waals surface area contributed by atoms with E-state index in [1.54, 1.807) is 0 Å². The molecular weight excluding hydrogens is 204 g/mol. The molecule has 0 bridgehead atoms. The molecular formula is C12H20N2O2. The Labute approximate surface area is 96.2 Å². The molecule has 1 aliphatic carbocycles. The summed E-state index contributed by atoms with van der Waals surface area (Å²) < 4.78 is 0. The number of carbonyl (C=O) groups excluding carboxylic acids is 2. The zero-order chi connectivity index (χ0) is 11.5. The molecule has 2 rings (SSSR count). The van der Waals surface area contributed by atoms with Crippen LogP contribution in [0.1, 0.15) is 45.4 Å². The van der Waals surface area contributed by atoms with Crippen LogP contribution in [0.5, 0.6) is 0 Å². The molecule has 0 aromatic heterocycles. The second kappa shape index (κ2) is 4.85. The third-order valence-electron chi connectivity index (χ3n) is 3.75. The normalized spacial score (nSPS) is 34.6. The number of hydrogen-bond acceptors (Lipinski definition) is 2. The fourth-order valence-electron chi connectivity index (χ4n) is 2.62. The van der Waals surface area contributed by atoms with Gasteiger partial charge in [-0.25, -0.2) is 0 Å². The molecule has 2 N–H and O–H groups in total. The van der Waals surface area contributed by atoms with Crippen LogP contribution in [0.15, 0.2) is 0 Å². The van der Waals surface area contributed by atoms with Crippen molar-refractivity contribution in [2.45, 2.75) is 57.5 Å². The molecule has 0 spiro atoms. The van der Waals surface area contributed by atoms with Crippen molar-refractivity contribution in [3.8, 4) is 0 Å². The zero-order valence-corrected chi connectivity index (χ0v) is 9.79. The highest BCUT2D eigenvalue weighted by Crippen LogP contribution is 2.24. The quantitative estimate of drug-likeness (QED) is 0.734. The van der Waals surface area contributed by atoms with Gasteiger partial charge in [-0.1, -0.05) is 19.8 Å². The average molecular weight is 224 g/mol. The molecule has 4 heteroatoms. The maximum Gasteiger partial charge on any atom is 0.242 e. The summed E-state index contributed by atoms with van der Waals surface area (Å²) >= 11 is 0. The molecule has 2 fully saturated rings. The summed E-state index contributed by atoms with van der Waals surface area (Å²) in [5.41, 5.74) is 0. The van der Waals surface area contributed by atoms with Crippen molar-refractivity contribution in [2.75, 3.05) is 0 Å². The van der Waals surface area contributed by atoms with Gasteiger partial charge in [0.15, 0.2) is 0 Å². The Hall–Kier alpha value is -1.06. The predicted molar refractivity (Wildman–Crippen MR) is 60.7 cm³/mol. The van der Waals surface area contributed by atoms with Crippen LogP contribution >= 0.6 is 0 Å². The van der Waals surface area contributed by atoms with E-state index in [0.717, 1.165) is 6.42 Å². The number of nitrogens with one attached hydrogen (secondary N) is 2. The van der Waals surface area contributed by atoms with Gasteiger partial charge >= 0.3 is 0 Å². The van der Waals surface area contributed by atoms with E-state index in [1.165, 1.54) is 19.3 Å². The van der Waals surface area contributed by atoms with Crippen molar-refractivity contribution >= 4 is 11.8 Å². The van der Waals surface area contributed by atoms with Crippen LogP contribution in [0.3, 0.4) is 0 Å². The van der Waals surface area contributed by atoms with Crippen LogP contribution < -0.4 is 10.6 Å². The van der Waals surface area contributed by atoms with E-state index in [1.807, 2.05) is 0 Å².